The highest BCUT2D eigenvalue weighted by atomic mass is 35.5. The van der Waals surface area contributed by atoms with Crippen molar-refractivity contribution in [2.75, 3.05) is 13.7 Å². The number of H-pyrrole nitrogens is 1. The van der Waals surface area contributed by atoms with Crippen LogP contribution in [0.5, 0.6) is 5.88 Å². The Morgan fingerprint density at radius 2 is 2.03 bits per heavy atom. The molecule has 8 nitrogen and oxygen atoms in total. The van der Waals surface area contributed by atoms with Crippen LogP contribution in [0.15, 0.2) is 42.6 Å². The molecule has 3 heterocycles. The highest BCUT2D eigenvalue weighted by Crippen LogP contribution is 2.31. The van der Waals surface area contributed by atoms with E-state index in [2.05, 4.69) is 20.5 Å². The minimum absolute atomic E-state index is 0.00388. The molecule has 2 N–H and O–H groups in total. The van der Waals surface area contributed by atoms with Crippen molar-refractivity contribution in [3.8, 4) is 17.1 Å². The first kappa shape index (κ1) is 25.0. The molecule has 1 aliphatic heterocycles. The zero-order valence-corrected chi connectivity index (χ0v) is 21.2. The summed E-state index contributed by atoms with van der Waals surface area (Å²) in [7, 11) is 1.52. The first-order chi connectivity index (χ1) is 16.8. The molecule has 0 aliphatic carbocycles. The van der Waals surface area contributed by atoms with E-state index in [0.717, 1.165) is 5.56 Å². The van der Waals surface area contributed by atoms with Crippen molar-refractivity contribution in [2.24, 2.45) is 11.8 Å². The number of aromatic amines is 1. The normalized spacial score (nSPS) is 19.9. The highest BCUT2D eigenvalue weighted by Gasteiger charge is 2.38. The molecule has 3 aromatic rings. The van der Waals surface area contributed by atoms with E-state index in [0.29, 0.717) is 52.4 Å². The molecule has 3 atom stereocenters. The van der Waals surface area contributed by atoms with Gasteiger partial charge in [-0.15, -0.1) is 0 Å². The van der Waals surface area contributed by atoms with Crippen LogP contribution in [0, 0.1) is 11.8 Å². The Balaban J connectivity index is 1.41. The van der Waals surface area contributed by atoms with Crippen LogP contribution in [0.2, 0.25) is 10.0 Å². The number of hydrogen-bond acceptors (Lipinski definition) is 5. The number of aromatic nitrogens is 3. The maximum Gasteiger partial charge on any atom is 0.272 e. The molecule has 2 aromatic heterocycles. The van der Waals surface area contributed by atoms with E-state index < -0.39 is 0 Å². The summed E-state index contributed by atoms with van der Waals surface area (Å²) in [5.74, 6) is 0.0300. The number of benzene rings is 1. The number of amides is 2. The molecule has 184 valence electrons. The van der Waals surface area contributed by atoms with Gasteiger partial charge in [-0.1, -0.05) is 42.3 Å². The van der Waals surface area contributed by atoms with Gasteiger partial charge in [0.25, 0.3) is 5.91 Å². The smallest absolute Gasteiger partial charge is 0.272 e. The largest absolute Gasteiger partial charge is 0.481 e. The van der Waals surface area contributed by atoms with E-state index in [-0.39, 0.29) is 29.7 Å². The van der Waals surface area contributed by atoms with Crippen molar-refractivity contribution in [1.82, 2.24) is 25.4 Å². The lowest BCUT2D eigenvalue weighted by Gasteiger charge is -2.40. The van der Waals surface area contributed by atoms with E-state index in [4.69, 9.17) is 27.9 Å². The van der Waals surface area contributed by atoms with Crippen LogP contribution in [0.1, 0.15) is 36.3 Å². The molecule has 2 amide bonds. The molecular weight excluding hydrogens is 489 g/mol. The summed E-state index contributed by atoms with van der Waals surface area (Å²) < 4.78 is 5.16. The number of carbonyl (C=O) groups is 2. The van der Waals surface area contributed by atoms with Crippen molar-refractivity contribution in [2.45, 2.75) is 32.9 Å². The summed E-state index contributed by atoms with van der Waals surface area (Å²) in [5, 5.41) is 11.2. The fraction of sp³-hybridized carbons (Fsp3) is 0.360. The van der Waals surface area contributed by atoms with E-state index in [1.807, 2.05) is 32.0 Å². The van der Waals surface area contributed by atoms with Gasteiger partial charge in [-0.05, 0) is 43.0 Å². The molecule has 1 aromatic carbocycles. The predicted molar refractivity (Wildman–Crippen MR) is 134 cm³/mol. The van der Waals surface area contributed by atoms with E-state index in [1.165, 1.54) is 13.3 Å². The van der Waals surface area contributed by atoms with Gasteiger partial charge in [-0.25, -0.2) is 4.98 Å². The van der Waals surface area contributed by atoms with Gasteiger partial charge in [-0.2, -0.15) is 5.10 Å². The Kier molecular flexibility index (Phi) is 7.62. The lowest BCUT2D eigenvalue weighted by Crippen LogP contribution is -2.51. The summed E-state index contributed by atoms with van der Waals surface area (Å²) in [5.41, 5.74) is 2.44. The van der Waals surface area contributed by atoms with Gasteiger partial charge in [0, 0.05) is 41.7 Å². The fourth-order valence-corrected chi connectivity index (χ4v) is 4.82. The van der Waals surface area contributed by atoms with E-state index in [1.54, 1.807) is 23.1 Å². The summed E-state index contributed by atoms with van der Waals surface area (Å²) in [6.07, 6.45) is 2.06. The van der Waals surface area contributed by atoms with Crippen LogP contribution in [0.3, 0.4) is 0 Å². The predicted octanol–water partition coefficient (Wildman–Crippen LogP) is 4.59. The summed E-state index contributed by atoms with van der Waals surface area (Å²) in [6.45, 7) is 4.84. The lowest BCUT2D eigenvalue weighted by molar-refractivity contribution is -0.129. The Morgan fingerprint density at radius 1 is 1.23 bits per heavy atom. The van der Waals surface area contributed by atoms with Gasteiger partial charge in [-0.3, -0.25) is 14.7 Å². The van der Waals surface area contributed by atoms with Crippen LogP contribution >= 0.6 is 23.2 Å². The minimum atomic E-state index is -0.186. The molecule has 0 spiro atoms. The van der Waals surface area contributed by atoms with Crippen LogP contribution in [0.4, 0.5) is 0 Å². The third-order valence-corrected chi connectivity index (χ3v) is 6.91. The van der Waals surface area contributed by atoms with Gasteiger partial charge in [0.1, 0.15) is 5.69 Å². The number of piperidine rings is 1. The second-order valence-electron chi connectivity index (χ2n) is 8.85. The highest BCUT2D eigenvalue weighted by molar-refractivity contribution is 6.33. The van der Waals surface area contributed by atoms with Gasteiger partial charge in [0.15, 0.2) is 0 Å². The van der Waals surface area contributed by atoms with Crippen molar-refractivity contribution in [3.63, 3.8) is 0 Å². The van der Waals surface area contributed by atoms with Crippen molar-refractivity contribution in [1.29, 1.82) is 0 Å². The average molecular weight is 516 g/mol. The van der Waals surface area contributed by atoms with Crippen LogP contribution in [-0.2, 0) is 11.3 Å². The van der Waals surface area contributed by atoms with Crippen molar-refractivity contribution in [3.05, 3.63) is 63.9 Å². The van der Waals surface area contributed by atoms with Gasteiger partial charge in [0.2, 0.25) is 11.8 Å². The molecular formula is C25H27Cl2N5O3. The number of carbonyl (C=O) groups excluding carboxylic acids is 2. The molecule has 0 bridgehead atoms. The molecule has 10 heteroatoms. The third-order valence-electron chi connectivity index (χ3n) is 6.38. The van der Waals surface area contributed by atoms with Crippen molar-refractivity contribution < 1.29 is 14.3 Å². The quantitative estimate of drug-likeness (QED) is 0.499. The van der Waals surface area contributed by atoms with E-state index >= 15 is 0 Å². The Morgan fingerprint density at radius 3 is 2.77 bits per heavy atom. The molecule has 1 saturated heterocycles. The Labute approximate surface area is 214 Å². The third kappa shape index (κ3) is 5.60. The van der Waals surface area contributed by atoms with Crippen LogP contribution in [0.25, 0.3) is 11.3 Å². The van der Waals surface area contributed by atoms with Gasteiger partial charge >= 0.3 is 0 Å². The summed E-state index contributed by atoms with van der Waals surface area (Å²) in [6, 6.07) is 10.6. The molecule has 0 radical (unpaired) electrons. The number of nitrogens with zero attached hydrogens (tertiary/aromatic N) is 3. The Hall–Kier alpha value is -3.10. The first-order valence-electron chi connectivity index (χ1n) is 11.3. The van der Waals surface area contributed by atoms with Crippen LogP contribution in [-0.4, -0.2) is 51.6 Å². The topological polar surface area (TPSA) is 100 Å². The van der Waals surface area contributed by atoms with E-state index in [9.17, 15) is 9.59 Å². The second kappa shape index (κ2) is 10.7. The maximum atomic E-state index is 13.3. The van der Waals surface area contributed by atoms with Crippen molar-refractivity contribution >= 4 is 35.0 Å². The zero-order chi connectivity index (χ0) is 25.1. The fourth-order valence-electron chi connectivity index (χ4n) is 4.41. The van der Waals surface area contributed by atoms with Crippen LogP contribution < -0.4 is 10.1 Å². The number of hydrogen-bond donors (Lipinski definition) is 2. The number of ether oxygens (including phenoxy) is 1. The Bertz CT molecular complexity index is 1230. The number of likely N-dealkylation sites (tertiary alicyclic amines) is 1. The first-order valence-corrected chi connectivity index (χ1v) is 12.1. The standard InChI is InChI=1S/C25H27Cl2N5O3/c1-14-13-32(15(2)7-18(14)24(33)29-11-16-5-4-6-17(26)8-16)25(34)22-10-21(30-31-22)19-9-23(35-3)28-12-20(19)27/h4-6,8-10,12,14-15,18H,7,11,13H2,1-3H3,(H,29,33)(H,30,31)/t14-,15+,18?/m0/s1. The number of halogens is 2. The number of nitrogens with one attached hydrogen (secondary N) is 2. The lowest BCUT2D eigenvalue weighted by atomic mass is 9.82. The zero-order valence-electron chi connectivity index (χ0n) is 19.7. The monoisotopic (exact) mass is 515 g/mol. The number of methoxy groups -OCH3 is 1. The molecule has 1 aliphatic rings. The molecule has 1 unspecified atom stereocenters. The molecule has 4 rings (SSSR count). The number of pyridine rings is 1. The summed E-state index contributed by atoms with van der Waals surface area (Å²) >= 11 is 12.3. The maximum absolute atomic E-state index is 13.3. The van der Waals surface area contributed by atoms with Gasteiger partial charge < -0.3 is 15.0 Å². The molecule has 1 fully saturated rings. The van der Waals surface area contributed by atoms with Gasteiger partial charge in [0.05, 0.1) is 24.0 Å². The molecule has 0 saturated carbocycles. The number of rotatable bonds is 6. The average Bonchev–Trinajstić information content (AvgIpc) is 3.34. The molecule has 35 heavy (non-hydrogen) atoms. The minimum Gasteiger partial charge on any atom is -0.481 e. The summed E-state index contributed by atoms with van der Waals surface area (Å²) in [4.78, 5) is 32.1. The SMILES string of the molecule is COc1cc(-c2cc(C(=O)N3C[C@H](C)C(C(=O)NCc4cccc(Cl)c4)C[C@H]3C)[nH]n2)c(Cl)cn1. The second-order valence-corrected chi connectivity index (χ2v) is 9.69.